The van der Waals surface area contributed by atoms with Crippen LogP contribution in [0.3, 0.4) is 0 Å². The number of nitrogens with two attached hydrogens (primary N) is 1. The minimum Gasteiger partial charge on any atom is -0.382 e. The molecule has 3 unspecified atom stereocenters. The molecule has 0 radical (unpaired) electrons. The Bertz CT molecular complexity index is 931. The maximum atomic E-state index is 14.0. The number of amides is 1. The highest BCUT2D eigenvalue weighted by Gasteiger charge is 2.29. The second-order valence-corrected chi connectivity index (χ2v) is 9.31. The van der Waals surface area contributed by atoms with Crippen molar-refractivity contribution in [2.75, 3.05) is 40.5 Å². The minimum atomic E-state index is -0.364. The summed E-state index contributed by atoms with van der Waals surface area (Å²) in [6.07, 6.45) is 3.85. The van der Waals surface area contributed by atoms with Gasteiger partial charge in [0.2, 0.25) is 5.91 Å². The van der Waals surface area contributed by atoms with E-state index in [0.29, 0.717) is 25.5 Å². The summed E-state index contributed by atoms with van der Waals surface area (Å²) in [5.41, 5.74) is 7.31. The fourth-order valence-electron chi connectivity index (χ4n) is 3.84. The lowest BCUT2D eigenvalue weighted by molar-refractivity contribution is -0.126. The Balaban J connectivity index is 0.000000572. The molecule has 1 fully saturated rings. The molecule has 0 spiro atoms. The third kappa shape index (κ3) is 8.48. The van der Waals surface area contributed by atoms with Crippen LogP contribution in [0.1, 0.15) is 38.3 Å². The van der Waals surface area contributed by atoms with E-state index in [9.17, 15) is 14.0 Å². The Labute approximate surface area is 213 Å². The van der Waals surface area contributed by atoms with Crippen molar-refractivity contribution in [1.29, 1.82) is 0 Å². The van der Waals surface area contributed by atoms with Crippen molar-refractivity contribution in [1.82, 2.24) is 20.0 Å². The summed E-state index contributed by atoms with van der Waals surface area (Å²) < 4.78 is 26.2. The number of rotatable bonds is 11. The van der Waals surface area contributed by atoms with Crippen molar-refractivity contribution >= 4 is 12.2 Å². The first-order chi connectivity index (χ1) is 17.2. The number of hydrogen-bond acceptors (Lipinski definition) is 7. The Hall–Kier alpha value is -2.66. The lowest BCUT2D eigenvalue weighted by atomic mass is 10.0. The summed E-state index contributed by atoms with van der Waals surface area (Å²) in [6.45, 7) is 6.04. The van der Waals surface area contributed by atoms with Gasteiger partial charge in [0.05, 0.1) is 44.1 Å². The summed E-state index contributed by atoms with van der Waals surface area (Å²) in [5, 5.41) is 7.07. The van der Waals surface area contributed by atoms with Gasteiger partial charge in [-0.2, -0.15) is 5.10 Å². The zero-order valence-electron chi connectivity index (χ0n) is 21.9. The van der Waals surface area contributed by atoms with E-state index < -0.39 is 0 Å². The molecule has 9 nitrogen and oxygen atoms in total. The molecule has 36 heavy (non-hydrogen) atoms. The first-order valence-corrected chi connectivity index (χ1v) is 12.3. The molecule has 2 heterocycles. The summed E-state index contributed by atoms with van der Waals surface area (Å²) in [7, 11) is 5.30. The molecular formula is C26H40FN5O4. The van der Waals surface area contributed by atoms with Gasteiger partial charge < -0.3 is 25.3 Å². The van der Waals surface area contributed by atoms with Crippen molar-refractivity contribution in [2.45, 2.75) is 44.8 Å². The Morgan fingerprint density at radius 2 is 1.97 bits per heavy atom. The molecule has 1 aliphatic rings. The van der Waals surface area contributed by atoms with E-state index in [2.05, 4.69) is 15.3 Å². The number of methoxy groups -OCH3 is 1. The van der Waals surface area contributed by atoms with Gasteiger partial charge in [-0.25, -0.2) is 4.39 Å². The molecular weight excluding hydrogens is 465 g/mol. The van der Waals surface area contributed by atoms with Crippen molar-refractivity contribution in [2.24, 2.45) is 18.7 Å². The average molecular weight is 506 g/mol. The number of carbonyl (C=O) groups excluding carboxylic acids is 2. The van der Waals surface area contributed by atoms with E-state index in [1.807, 2.05) is 45.2 Å². The van der Waals surface area contributed by atoms with Crippen LogP contribution in [0, 0.1) is 11.7 Å². The van der Waals surface area contributed by atoms with Gasteiger partial charge in [-0.1, -0.05) is 38.1 Å². The van der Waals surface area contributed by atoms with Crippen LogP contribution in [0.2, 0.25) is 0 Å². The predicted octanol–water partition coefficient (Wildman–Crippen LogP) is 2.31. The van der Waals surface area contributed by atoms with Gasteiger partial charge in [0.15, 0.2) is 5.82 Å². The number of halogens is 1. The molecule has 0 saturated carbocycles. The van der Waals surface area contributed by atoms with Gasteiger partial charge in [0, 0.05) is 19.7 Å². The second kappa shape index (κ2) is 14.8. The summed E-state index contributed by atoms with van der Waals surface area (Å²) in [5.74, 6) is -0.0816. The summed E-state index contributed by atoms with van der Waals surface area (Å²) >= 11 is 0. The number of likely N-dealkylation sites (tertiary alicyclic amines) is 1. The normalized spacial score (nSPS) is 17.4. The maximum Gasteiger partial charge on any atom is 0.237 e. The van der Waals surface area contributed by atoms with Gasteiger partial charge in [-0.15, -0.1) is 0 Å². The van der Waals surface area contributed by atoms with E-state index in [1.165, 1.54) is 10.9 Å². The predicted molar refractivity (Wildman–Crippen MR) is 137 cm³/mol. The van der Waals surface area contributed by atoms with Crippen LogP contribution in [-0.2, 0) is 26.1 Å². The SMILES string of the molecule is CC(C)C(N)C=O.COCCOCC(NC(=O)C1CCCN1C)c1ccc(-c2c(F)cnn2C)cc1. The van der Waals surface area contributed by atoms with Crippen molar-refractivity contribution in [3.8, 4) is 11.3 Å². The fourth-order valence-corrected chi connectivity index (χ4v) is 3.84. The van der Waals surface area contributed by atoms with Crippen molar-refractivity contribution in [3.05, 3.63) is 41.8 Å². The van der Waals surface area contributed by atoms with E-state index in [0.717, 1.165) is 36.8 Å². The highest BCUT2D eigenvalue weighted by atomic mass is 19.1. The van der Waals surface area contributed by atoms with Crippen molar-refractivity contribution in [3.63, 3.8) is 0 Å². The Morgan fingerprint density at radius 3 is 2.44 bits per heavy atom. The Morgan fingerprint density at radius 1 is 1.28 bits per heavy atom. The van der Waals surface area contributed by atoms with Gasteiger partial charge in [-0.05, 0) is 37.9 Å². The Kier molecular flexibility index (Phi) is 12.1. The molecule has 1 aromatic carbocycles. The van der Waals surface area contributed by atoms with E-state index >= 15 is 0 Å². The van der Waals surface area contributed by atoms with Crippen LogP contribution >= 0.6 is 0 Å². The number of aromatic nitrogens is 2. The van der Waals surface area contributed by atoms with Gasteiger partial charge in [0.25, 0.3) is 0 Å². The molecule has 1 saturated heterocycles. The first-order valence-electron chi connectivity index (χ1n) is 12.3. The smallest absolute Gasteiger partial charge is 0.237 e. The molecule has 3 N–H and O–H groups in total. The molecule has 0 bridgehead atoms. The monoisotopic (exact) mass is 505 g/mol. The number of aldehydes is 1. The summed E-state index contributed by atoms with van der Waals surface area (Å²) in [6, 6.07) is 6.78. The van der Waals surface area contributed by atoms with Crippen LogP contribution in [-0.4, -0.2) is 79.5 Å². The number of nitrogens with zero attached hydrogens (tertiary/aromatic N) is 3. The largest absolute Gasteiger partial charge is 0.382 e. The zero-order valence-corrected chi connectivity index (χ0v) is 21.9. The van der Waals surface area contributed by atoms with Gasteiger partial charge >= 0.3 is 0 Å². The fraction of sp³-hybridized carbons (Fsp3) is 0.577. The number of likely N-dealkylation sites (N-methyl/N-ethyl adjacent to an activating group) is 1. The molecule has 1 amide bonds. The minimum absolute atomic E-state index is 0.00657. The number of aryl methyl sites for hydroxylation is 1. The molecule has 3 rings (SSSR count). The molecule has 2 aromatic rings. The molecule has 0 aliphatic carbocycles. The van der Waals surface area contributed by atoms with Crippen LogP contribution in [0.5, 0.6) is 0 Å². The zero-order chi connectivity index (χ0) is 26.7. The quantitative estimate of drug-likeness (QED) is 0.356. The molecule has 1 aliphatic heterocycles. The lowest BCUT2D eigenvalue weighted by Gasteiger charge is -2.24. The topological polar surface area (TPSA) is 112 Å². The van der Waals surface area contributed by atoms with E-state index in [1.54, 1.807) is 14.2 Å². The van der Waals surface area contributed by atoms with Crippen molar-refractivity contribution < 1.29 is 23.5 Å². The molecule has 10 heteroatoms. The van der Waals surface area contributed by atoms with Crippen LogP contribution in [0.25, 0.3) is 11.3 Å². The van der Waals surface area contributed by atoms with E-state index in [4.69, 9.17) is 15.2 Å². The third-order valence-electron chi connectivity index (χ3n) is 6.26. The molecule has 3 atom stereocenters. The molecule has 200 valence electrons. The standard InChI is InChI=1S/C21H29FN4O3.C5H11NO/c1-25-10-4-5-19(25)21(27)24-18(14-29-12-11-28-3)15-6-8-16(9-7-15)20-17(22)13-23-26(20)2;1-4(2)5(6)3-7/h6-9,13,18-19H,4-5,10-12,14H2,1-3H3,(H,24,27);3-5H,6H2,1-2H3. The van der Waals surface area contributed by atoms with Gasteiger partial charge in [-0.3, -0.25) is 14.4 Å². The van der Waals surface area contributed by atoms with Crippen LogP contribution in [0.15, 0.2) is 30.5 Å². The average Bonchev–Trinajstić information content (AvgIpc) is 3.45. The lowest BCUT2D eigenvalue weighted by Crippen LogP contribution is -2.44. The number of hydrogen-bond donors (Lipinski definition) is 2. The second-order valence-electron chi connectivity index (χ2n) is 9.31. The summed E-state index contributed by atoms with van der Waals surface area (Å²) in [4.78, 5) is 24.7. The number of ether oxygens (including phenoxy) is 2. The van der Waals surface area contributed by atoms with Gasteiger partial charge in [0.1, 0.15) is 12.0 Å². The number of nitrogens with one attached hydrogen (secondary N) is 1. The first kappa shape index (κ1) is 29.6. The number of benzene rings is 1. The third-order valence-corrected chi connectivity index (χ3v) is 6.26. The molecule has 1 aromatic heterocycles. The van der Waals surface area contributed by atoms with E-state index in [-0.39, 0.29) is 35.8 Å². The number of carbonyl (C=O) groups is 2. The highest BCUT2D eigenvalue weighted by molar-refractivity contribution is 5.82. The van der Waals surface area contributed by atoms with Crippen LogP contribution in [0.4, 0.5) is 4.39 Å². The highest BCUT2D eigenvalue weighted by Crippen LogP contribution is 2.25. The maximum absolute atomic E-state index is 14.0. The van der Waals surface area contributed by atoms with Crippen LogP contribution < -0.4 is 11.1 Å².